The molecule has 0 bridgehead atoms. The molecule has 4 nitrogen and oxygen atoms in total. The molecule has 2 N–H and O–H groups in total. The number of hydrogen-bond acceptors (Lipinski definition) is 2. The third kappa shape index (κ3) is 4.50. The number of nitrogens with one attached hydrogen (secondary N) is 1. The van der Waals surface area contributed by atoms with E-state index in [0.29, 0.717) is 12.8 Å². The Kier molecular flexibility index (Phi) is 8.49. The Labute approximate surface area is 109 Å². The normalized spacial score (nSPS) is 21.1. The van der Waals surface area contributed by atoms with E-state index in [9.17, 15) is 9.59 Å². The molecule has 6 heteroatoms. The first-order valence-electron chi connectivity index (χ1n) is 2.72. The van der Waals surface area contributed by atoms with Gasteiger partial charge in [-0.1, -0.05) is 0 Å². The molecule has 1 aliphatic rings. The number of carbonyl (C=O) groups is 2. The van der Waals surface area contributed by atoms with Crippen molar-refractivity contribution in [3.8, 4) is 0 Å². The van der Waals surface area contributed by atoms with Gasteiger partial charge in [0.25, 0.3) is 0 Å². The van der Waals surface area contributed by atoms with Crippen LogP contribution in [0.5, 0.6) is 0 Å². The van der Waals surface area contributed by atoms with E-state index in [1.165, 1.54) is 0 Å². The molecule has 1 fully saturated rings. The fourth-order valence-corrected chi connectivity index (χ4v) is 0.799. The summed E-state index contributed by atoms with van der Waals surface area (Å²) in [7, 11) is 0. The fraction of sp³-hybridized carbons (Fsp3) is 0.600. The average molecular weight is 175 g/mol. The first-order valence-corrected chi connectivity index (χ1v) is 2.72. The van der Waals surface area contributed by atoms with Crippen molar-refractivity contribution in [3.05, 3.63) is 0 Å². The molecule has 11 heavy (non-hydrogen) atoms. The maximum Gasteiger partial charge on any atom is 0.326 e. The van der Waals surface area contributed by atoms with Crippen molar-refractivity contribution >= 4 is 71.0 Å². The summed E-state index contributed by atoms with van der Waals surface area (Å²) in [5, 5.41) is 10.6. The maximum absolute atomic E-state index is 10.4. The first-order chi connectivity index (χ1) is 4.20. The van der Waals surface area contributed by atoms with Crippen molar-refractivity contribution in [3.63, 3.8) is 0 Å². The number of carbonyl (C=O) groups excluding carboxylic acids is 1. The van der Waals surface area contributed by atoms with Crippen LogP contribution < -0.4 is 5.32 Å². The van der Waals surface area contributed by atoms with Crippen LogP contribution in [0, 0.1) is 0 Å². The molecule has 0 aliphatic carbocycles. The second-order valence-electron chi connectivity index (χ2n) is 2.00. The molecule has 0 aromatic rings. The number of carboxylic acids is 1. The Morgan fingerprint density at radius 1 is 1.55 bits per heavy atom. The van der Waals surface area contributed by atoms with E-state index in [4.69, 9.17) is 5.11 Å². The molecule has 2 radical (unpaired) electrons. The van der Waals surface area contributed by atoms with Crippen molar-refractivity contribution in [1.29, 1.82) is 0 Å². The monoisotopic (exact) mass is 175 g/mol. The fourth-order valence-electron chi connectivity index (χ4n) is 0.799. The van der Waals surface area contributed by atoms with Crippen LogP contribution in [0.1, 0.15) is 12.8 Å². The first kappa shape index (κ1) is 14.5. The smallest absolute Gasteiger partial charge is 0.326 e. The second-order valence-corrected chi connectivity index (χ2v) is 2.00. The average Bonchev–Trinajstić information content (AvgIpc) is 2.14. The van der Waals surface area contributed by atoms with Crippen LogP contribution >= 0.6 is 0 Å². The summed E-state index contributed by atoms with van der Waals surface area (Å²) >= 11 is 0. The van der Waals surface area contributed by atoms with Crippen molar-refractivity contribution in [2.45, 2.75) is 18.9 Å². The molecule has 0 unspecified atom stereocenters. The standard InChI is InChI=1S/C5H7NO3.2Na/c7-4-2-1-3(6-4)5(8)9;;/h3H,1-2H2,(H,6,7)(H,8,9);;/t3-;;/m0../s1. The number of hydrogen-bond donors (Lipinski definition) is 2. The summed E-state index contributed by atoms with van der Waals surface area (Å²) in [6.07, 6.45) is 0.769. The molecule has 1 rings (SSSR count). The zero-order valence-electron chi connectivity index (χ0n) is 6.76. The quantitative estimate of drug-likeness (QED) is 0.481. The van der Waals surface area contributed by atoms with E-state index >= 15 is 0 Å². The van der Waals surface area contributed by atoms with Gasteiger partial charge in [0, 0.05) is 65.5 Å². The summed E-state index contributed by atoms with van der Waals surface area (Å²) in [6, 6.07) is -0.641. The maximum atomic E-state index is 10.4. The molecule has 1 heterocycles. The van der Waals surface area contributed by atoms with Crippen LogP contribution in [-0.4, -0.2) is 82.1 Å². The Morgan fingerprint density at radius 3 is 2.27 bits per heavy atom. The zero-order valence-corrected chi connectivity index (χ0v) is 10.8. The topological polar surface area (TPSA) is 66.4 Å². The molecule has 0 aromatic carbocycles. The molecule has 1 amide bonds. The molecule has 52 valence electrons. The van der Waals surface area contributed by atoms with Crippen molar-refractivity contribution in [2.75, 3.05) is 0 Å². The predicted octanol–water partition coefficient (Wildman–Crippen LogP) is -1.41. The van der Waals surface area contributed by atoms with Crippen LogP contribution in [0.15, 0.2) is 0 Å². The number of amides is 1. The Bertz CT molecular complexity index is 162. The Hall–Kier alpha value is 0.940. The largest absolute Gasteiger partial charge is 0.480 e. The molecule has 1 atom stereocenters. The number of carboxylic acid groups (broad SMARTS) is 1. The third-order valence-electron chi connectivity index (χ3n) is 1.29. The minimum atomic E-state index is -0.944. The van der Waals surface area contributed by atoms with Crippen molar-refractivity contribution in [1.82, 2.24) is 5.32 Å². The van der Waals surface area contributed by atoms with Gasteiger partial charge in [0.15, 0.2) is 0 Å². The third-order valence-corrected chi connectivity index (χ3v) is 1.29. The predicted molar refractivity (Wildman–Crippen MR) is 40.3 cm³/mol. The van der Waals surface area contributed by atoms with Crippen molar-refractivity contribution < 1.29 is 14.7 Å². The van der Waals surface area contributed by atoms with E-state index in [1.807, 2.05) is 0 Å². The van der Waals surface area contributed by atoms with Gasteiger partial charge in [-0.05, 0) is 6.42 Å². The summed E-state index contributed by atoms with van der Waals surface area (Å²) < 4.78 is 0. The van der Waals surface area contributed by atoms with E-state index in [2.05, 4.69) is 5.32 Å². The summed E-state index contributed by atoms with van der Waals surface area (Å²) in [4.78, 5) is 20.5. The van der Waals surface area contributed by atoms with Crippen LogP contribution in [0.3, 0.4) is 0 Å². The van der Waals surface area contributed by atoms with Gasteiger partial charge in [-0.3, -0.25) is 4.79 Å². The Morgan fingerprint density at radius 2 is 2.09 bits per heavy atom. The Balaban J connectivity index is 0. The molecular formula is C5H7NNa2O3. The minimum Gasteiger partial charge on any atom is -0.480 e. The molecule has 0 spiro atoms. The molecule has 1 aliphatic heterocycles. The van der Waals surface area contributed by atoms with Gasteiger partial charge in [0.05, 0.1) is 0 Å². The number of rotatable bonds is 1. The number of aliphatic carboxylic acids is 1. The minimum absolute atomic E-state index is 0. The second kappa shape index (κ2) is 6.46. The molecule has 0 saturated carbocycles. The van der Waals surface area contributed by atoms with E-state index in [1.54, 1.807) is 0 Å². The van der Waals surface area contributed by atoms with Crippen LogP contribution in [-0.2, 0) is 9.59 Å². The van der Waals surface area contributed by atoms with E-state index in [-0.39, 0.29) is 65.0 Å². The van der Waals surface area contributed by atoms with E-state index in [0.717, 1.165) is 0 Å². The van der Waals surface area contributed by atoms with Crippen LogP contribution in [0.25, 0.3) is 0 Å². The van der Waals surface area contributed by atoms with Gasteiger partial charge in [0.1, 0.15) is 6.04 Å². The van der Waals surface area contributed by atoms with Gasteiger partial charge in [-0.25, -0.2) is 4.79 Å². The van der Waals surface area contributed by atoms with Crippen molar-refractivity contribution in [2.24, 2.45) is 0 Å². The van der Waals surface area contributed by atoms with E-state index < -0.39 is 12.0 Å². The molecule has 1 saturated heterocycles. The molecule has 0 aromatic heterocycles. The van der Waals surface area contributed by atoms with Crippen LogP contribution in [0.2, 0.25) is 0 Å². The molecular weight excluding hydrogens is 168 g/mol. The summed E-state index contributed by atoms with van der Waals surface area (Å²) in [6.45, 7) is 0. The van der Waals surface area contributed by atoms with Crippen LogP contribution in [0.4, 0.5) is 0 Å². The SMILES string of the molecule is O=C1CC[C@@H](C(=O)O)N1.[Na].[Na]. The van der Waals surface area contributed by atoms with Gasteiger partial charge >= 0.3 is 5.97 Å². The van der Waals surface area contributed by atoms with Gasteiger partial charge in [-0.2, -0.15) is 0 Å². The van der Waals surface area contributed by atoms with Gasteiger partial charge in [-0.15, -0.1) is 0 Å². The summed E-state index contributed by atoms with van der Waals surface area (Å²) in [5.41, 5.74) is 0. The zero-order chi connectivity index (χ0) is 6.85. The summed E-state index contributed by atoms with van der Waals surface area (Å²) in [5.74, 6) is -1.11. The van der Waals surface area contributed by atoms with Gasteiger partial charge < -0.3 is 10.4 Å². The van der Waals surface area contributed by atoms with Gasteiger partial charge in [0.2, 0.25) is 5.91 Å².